The van der Waals surface area contributed by atoms with E-state index in [0.717, 1.165) is 42.8 Å². The molecule has 0 spiro atoms. The summed E-state index contributed by atoms with van der Waals surface area (Å²) >= 11 is 6.10. The molecule has 3 aromatic rings. The molecule has 2 aromatic heterocycles. The van der Waals surface area contributed by atoms with Gasteiger partial charge in [-0.05, 0) is 50.2 Å². The van der Waals surface area contributed by atoms with Crippen LogP contribution in [0, 0.1) is 0 Å². The highest BCUT2D eigenvalue weighted by atomic mass is 35.5. The fourth-order valence-electron chi connectivity index (χ4n) is 2.87. The summed E-state index contributed by atoms with van der Waals surface area (Å²) in [6.07, 6.45) is 5.69. The van der Waals surface area contributed by atoms with Crippen LogP contribution in [-0.4, -0.2) is 38.7 Å². The second-order valence-corrected chi connectivity index (χ2v) is 6.09. The number of anilines is 1. The fraction of sp³-hybridized carbons (Fsp3) is 0.312. The molecule has 3 heterocycles. The highest BCUT2D eigenvalue weighted by Crippen LogP contribution is 2.21. The van der Waals surface area contributed by atoms with Crippen LogP contribution in [0.15, 0.2) is 36.8 Å². The van der Waals surface area contributed by atoms with Gasteiger partial charge in [0.05, 0.1) is 11.0 Å². The predicted octanol–water partition coefficient (Wildman–Crippen LogP) is 2.63. The molecule has 0 aliphatic carbocycles. The van der Waals surface area contributed by atoms with Gasteiger partial charge in [-0.2, -0.15) is 4.98 Å². The molecule has 4 rings (SSSR count). The minimum absolute atomic E-state index is 0.417. The summed E-state index contributed by atoms with van der Waals surface area (Å²) in [5.74, 6) is 1.43. The van der Waals surface area contributed by atoms with Crippen LogP contribution in [0.25, 0.3) is 16.9 Å². The van der Waals surface area contributed by atoms with Crippen molar-refractivity contribution in [3.8, 4) is 5.82 Å². The maximum Gasteiger partial charge on any atom is 0.224 e. The molecule has 0 atom stereocenters. The SMILES string of the molecule is Clc1ccc2ncn(-c3ccnc(NC4CCNCC4)n3)c2c1. The molecular weight excluding hydrogens is 312 g/mol. The number of nitrogens with one attached hydrogen (secondary N) is 2. The number of imidazole rings is 1. The maximum absolute atomic E-state index is 6.10. The molecule has 0 saturated carbocycles. The lowest BCUT2D eigenvalue weighted by Gasteiger charge is -2.23. The van der Waals surface area contributed by atoms with E-state index >= 15 is 0 Å². The number of rotatable bonds is 3. The number of nitrogens with zero attached hydrogens (tertiary/aromatic N) is 4. The Labute approximate surface area is 138 Å². The van der Waals surface area contributed by atoms with Crippen LogP contribution < -0.4 is 10.6 Å². The van der Waals surface area contributed by atoms with Crippen molar-refractivity contribution in [3.63, 3.8) is 0 Å². The van der Waals surface area contributed by atoms with Crippen LogP contribution in [-0.2, 0) is 0 Å². The third-order valence-corrected chi connectivity index (χ3v) is 4.30. The predicted molar refractivity (Wildman–Crippen MR) is 91.2 cm³/mol. The second-order valence-electron chi connectivity index (χ2n) is 5.65. The number of fused-ring (bicyclic) bond motifs is 1. The van der Waals surface area contributed by atoms with Gasteiger partial charge >= 0.3 is 0 Å². The van der Waals surface area contributed by atoms with Crippen LogP contribution >= 0.6 is 11.6 Å². The summed E-state index contributed by atoms with van der Waals surface area (Å²) in [6.45, 7) is 2.06. The summed E-state index contributed by atoms with van der Waals surface area (Å²) in [4.78, 5) is 13.4. The molecule has 23 heavy (non-hydrogen) atoms. The summed E-state index contributed by atoms with van der Waals surface area (Å²) < 4.78 is 1.93. The van der Waals surface area contributed by atoms with Crippen molar-refractivity contribution in [3.05, 3.63) is 41.8 Å². The lowest BCUT2D eigenvalue weighted by molar-refractivity contribution is 0.477. The first-order valence-corrected chi connectivity index (χ1v) is 8.11. The molecule has 6 nitrogen and oxygen atoms in total. The highest BCUT2D eigenvalue weighted by molar-refractivity contribution is 6.31. The van der Waals surface area contributed by atoms with Crippen molar-refractivity contribution in [2.75, 3.05) is 18.4 Å². The van der Waals surface area contributed by atoms with Gasteiger partial charge in [0.25, 0.3) is 0 Å². The highest BCUT2D eigenvalue weighted by Gasteiger charge is 2.14. The van der Waals surface area contributed by atoms with E-state index in [-0.39, 0.29) is 0 Å². The van der Waals surface area contributed by atoms with E-state index in [9.17, 15) is 0 Å². The van der Waals surface area contributed by atoms with Crippen molar-refractivity contribution in [1.29, 1.82) is 0 Å². The van der Waals surface area contributed by atoms with Crippen molar-refractivity contribution in [1.82, 2.24) is 24.8 Å². The van der Waals surface area contributed by atoms with Gasteiger partial charge in [-0.15, -0.1) is 0 Å². The monoisotopic (exact) mass is 328 g/mol. The molecule has 7 heteroatoms. The van der Waals surface area contributed by atoms with E-state index in [0.29, 0.717) is 17.0 Å². The number of piperidine rings is 1. The smallest absolute Gasteiger partial charge is 0.224 e. The zero-order chi connectivity index (χ0) is 15.6. The minimum atomic E-state index is 0.417. The molecular formula is C16H17ClN6. The molecule has 0 radical (unpaired) electrons. The van der Waals surface area contributed by atoms with Crippen molar-refractivity contribution in [2.45, 2.75) is 18.9 Å². The molecule has 1 aliphatic rings. The Kier molecular flexibility index (Phi) is 3.85. The van der Waals surface area contributed by atoms with Gasteiger partial charge in [0.2, 0.25) is 5.95 Å². The quantitative estimate of drug-likeness (QED) is 0.773. The zero-order valence-electron chi connectivity index (χ0n) is 12.5. The first-order chi connectivity index (χ1) is 11.3. The Hall–Kier alpha value is -2.18. The summed E-state index contributed by atoms with van der Waals surface area (Å²) in [5, 5.41) is 7.46. The molecule has 1 aliphatic heterocycles. The van der Waals surface area contributed by atoms with Gasteiger partial charge < -0.3 is 10.6 Å². The third kappa shape index (κ3) is 3.00. The molecule has 0 amide bonds. The number of aromatic nitrogens is 4. The van der Waals surface area contributed by atoms with Gasteiger partial charge in [0, 0.05) is 17.3 Å². The normalized spacial score (nSPS) is 15.9. The van der Waals surface area contributed by atoms with Crippen molar-refractivity contribution < 1.29 is 0 Å². The molecule has 1 fully saturated rings. The van der Waals surface area contributed by atoms with E-state index in [1.807, 2.05) is 28.8 Å². The molecule has 0 bridgehead atoms. The topological polar surface area (TPSA) is 67.7 Å². The maximum atomic E-state index is 6.10. The van der Waals surface area contributed by atoms with Gasteiger partial charge in [0.1, 0.15) is 12.1 Å². The number of benzene rings is 1. The van der Waals surface area contributed by atoms with E-state index in [1.54, 1.807) is 12.5 Å². The van der Waals surface area contributed by atoms with E-state index in [4.69, 9.17) is 11.6 Å². The van der Waals surface area contributed by atoms with Crippen molar-refractivity contribution >= 4 is 28.6 Å². The Bertz CT molecular complexity index is 824. The number of hydrogen-bond donors (Lipinski definition) is 2. The Morgan fingerprint density at radius 1 is 1.17 bits per heavy atom. The number of halogens is 1. The van der Waals surface area contributed by atoms with E-state index in [2.05, 4.69) is 25.6 Å². The summed E-state index contributed by atoms with van der Waals surface area (Å²) in [7, 11) is 0. The van der Waals surface area contributed by atoms with Gasteiger partial charge in [-0.3, -0.25) is 4.57 Å². The van der Waals surface area contributed by atoms with Crippen LogP contribution in [0.2, 0.25) is 5.02 Å². The largest absolute Gasteiger partial charge is 0.351 e. The average Bonchev–Trinajstić information content (AvgIpc) is 2.99. The lowest BCUT2D eigenvalue weighted by atomic mass is 10.1. The Morgan fingerprint density at radius 2 is 2.04 bits per heavy atom. The van der Waals surface area contributed by atoms with E-state index in [1.165, 1.54) is 0 Å². The molecule has 118 valence electrons. The number of hydrogen-bond acceptors (Lipinski definition) is 5. The summed E-state index contributed by atoms with van der Waals surface area (Å²) in [5.41, 5.74) is 1.82. The van der Waals surface area contributed by atoms with Crippen molar-refractivity contribution in [2.24, 2.45) is 0 Å². The average molecular weight is 329 g/mol. The van der Waals surface area contributed by atoms with Gasteiger partial charge in [0.15, 0.2) is 0 Å². The molecule has 1 aromatic carbocycles. The zero-order valence-corrected chi connectivity index (χ0v) is 13.3. The van der Waals surface area contributed by atoms with Crippen LogP contribution in [0.5, 0.6) is 0 Å². The Balaban J connectivity index is 1.65. The van der Waals surface area contributed by atoms with Crippen LogP contribution in [0.1, 0.15) is 12.8 Å². The van der Waals surface area contributed by atoms with E-state index < -0.39 is 0 Å². The summed E-state index contributed by atoms with van der Waals surface area (Å²) in [6, 6.07) is 7.93. The standard InChI is InChI=1S/C16H17ClN6/c17-11-1-2-13-14(9-11)23(10-20-13)15-5-8-19-16(22-15)21-12-3-6-18-7-4-12/h1-2,5,8-10,12,18H,3-4,6-7H2,(H,19,21,22). The second kappa shape index (κ2) is 6.14. The fourth-order valence-corrected chi connectivity index (χ4v) is 3.03. The Morgan fingerprint density at radius 3 is 2.91 bits per heavy atom. The van der Waals surface area contributed by atoms with Crippen LogP contribution in [0.3, 0.4) is 0 Å². The van der Waals surface area contributed by atoms with Gasteiger partial charge in [-0.1, -0.05) is 11.6 Å². The third-order valence-electron chi connectivity index (χ3n) is 4.07. The first-order valence-electron chi connectivity index (χ1n) is 7.73. The molecule has 0 unspecified atom stereocenters. The molecule has 1 saturated heterocycles. The van der Waals surface area contributed by atoms with Gasteiger partial charge in [-0.25, -0.2) is 9.97 Å². The lowest BCUT2D eigenvalue weighted by Crippen LogP contribution is -2.35. The van der Waals surface area contributed by atoms with Crippen LogP contribution in [0.4, 0.5) is 5.95 Å². The molecule has 2 N–H and O–H groups in total. The first kappa shape index (κ1) is 14.4. The minimum Gasteiger partial charge on any atom is -0.351 e.